The molecule has 2 N–H and O–H groups in total. The molecule has 2 heterocycles. The van der Waals surface area contributed by atoms with E-state index >= 15 is 0 Å². The summed E-state index contributed by atoms with van der Waals surface area (Å²) < 4.78 is 0. The zero-order chi connectivity index (χ0) is 10.7. The van der Waals surface area contributed by atoms with Crippen molar-refractivity contribution in [3.05, 3.63) is 0 Å². The summed E-state index contributed by atoms with van der Waals surface area (Å²) in [4.78, 5) is 14.2. The van der Waals surface area contributed by atoms with E-state index in [1.54, 1.807) is 0 Å². The fourth-order valence-electron chi connectivity index (χ4n) is 2.45. The van der Waals surface area contributed by atoms with E-state index in [1.807, 2.05) is 4.90 Å². The molecule has 15 heavy (non-hydrogen) atoms. The van der Waals surface area contributed by atoms with Gasteiger partial charge in [0.15, 0.2) is 0 Å². The molecule has 0 aliphatic carbocycles. The number of piperazine rings is 1. The van der Waals surface area contributed by atoms with E-state index in [-0.39, 0.29) is 5.92 Å². The Morgan fingerprint density at radius 2 is 2.27 bits per heavy atom. The molecule has 2 rings (SSSR count). The van der Waals surface area contributed by atoms with Gasteiger partial charge >= 0.3 is 0 Å². The predicted octanol–water partition coefficient (Wildman–Crippen LogP) is -0.194. The third-order valence-corrected chi connectivity index (χ3v) is 3.33. The van der Waals surface area contributed by atoms with Gasteiger partial charge in [-0.15, -0.1) is 0 Å². The fourth-order valence-corrected chi connectivity index (χ4v) is 2.45. The van der Waals surface area contributed by atoms with Crippen molar-refractivity contribution in [2.45, 2.75) is 25.8 Å². The lowest BCUT2D eigenvalue weighted by atomic mass is 9.97. The van der Waals surface area contributed by atoms with Gasteiger partial charge in [0, 0.05) is 32.2 Å². The molecule has 4 heteroatoms. The highest BCUT2D eigenvalue weighted by Crippen LogP contribution is 2.14. The Bertz CT molecular complexity index is 226. The van der Waals surface area contributed by atoms with Crippen LogP contribution in [0.15, 0.2) is 0 Å². The zero-order valence-electron chi connectivity index (χ0n) is 9.46. The molecule has 2 atom stereocenters. The monoisotopic (exact) mass is 211 g/mol. The average molecular weight is 211 g/mol. The first-order valence-electron chi connectivity index (χ1n) is 6.00. The molecule has 0 unspecified atom stereocenters. The van der Waals surface area contributed by atoms with Crippen molar-refractivity contribution in [1.29, 1.82) is 0 Å². The maximum Gasteiger partial charge on any atom is 0.227 e. The summed E-state index contributed by atoms with van der Waals surface area (Å²) in [5, 5.41) is 6.66. The molecule has 0 aromatic carbocycles. The lowest BCUT2D eigenvalue weighted by molar-refractivity contribution is -0.137. The van der Waals surface area contributed by atoms with Crippen molar-refractivity contribution >= 4 is 5.91 Å². The van der Waals surface area contributed by atoms with Crippen molar-refractivity contribution in [1.82, 2.24) is 15.5 Å². The maximum absolute atomic E-state index is 12.2. The molecular weight excluding hydrogens is 190 g/mol. The molecule has 86 valence electrons. The van der Waals surface area contributed by atoms with Crippen molar-refractivity contribution in [3.8, 4) is 0 Å². The molecule has 2 aliphatic rings. The number of hydrogen-bond donors (Lipinski definition) is 2. The number of piperidine rings is 1. The number of rotatable bonds is 1. The Hall–Kier alpha value is -0.610. The Kier molecular flexibility index (Phi) is 3.59. The minimum absolute atomic E-state index is 0.226. The van der Waals surface area contributed by atoms with Crippen LogP contribution in [0.2, 0.25) is 0 Å². The third kappa shape index (κ3) is 2.69. The van der Waals surface area contributed by atoms with Crippen LogP contribution >= 0.6 is 0 Å². The summed E-state index contributed by atoms with van der Waals surface area (Å²) >= 11 is 0. The highest BCUT2D eigenvalue weighted by atomic mass is 16.2. The van der Waals surface area contributed by atoms with Gasteiger partial charge in [0.1, 0.15) is 0 Å². The van der Waals surface area contributed by atoms with E-state index in [1.165, 1.54) is 0 Å². The van der Waals surface area contributed by atoms with Gasteiger partial charge in [0.05, 0.1) is 5.92 Å². The first-order chi connectivity index (χ1) is 7.27. The summed E-state index contributed by atoms with van der Waals surface area (Å²) in [5.41, 5.74) is 0. The predicted molar refractivity (Wildman–Crippen MR) is 59.6 cm³/mol. The van der Waals surface area contributed by atoms with E-state index in [0.29, 0.717) is 11.9 Å². The van der Waals surface area contributed by atoms with Gasteiger partial charge in [-0.2, -0.15) is 0 Å². The van der Waals surface area contributed by atoms with Crippen LogP contribution in [0.25, 0.3) is 0 Å². The minimum atomic E-state index is 0.226. The lowest BCUT2D eigenvalue weighted by Gasteiger charge is -2.35. The molecule has 0 bridgehead atoms. The van der Waals surface area contributed by atoms with Gasteiger partial charge < -0.3 is 15.5 Å². The Morgan fingerprint density at radius 1 is 1.40 bits per heavy atom. The SMILES string of the molecule is C[C@@H]1CN(C(=O)[C@@H]2CCCNC2)CCN1. The largest absolute Gasteiger partial charge is 0.340 e. The smallest absolute Gasteiger partial charge is 0.227 e. The first-order valence-corrected chi connectivity index (χ1v) is 6.00. The lowest BCUT2D eigenvalue weighted by Crippen LogP contribution is -2.54. The van der Waals surface area contributed by atoms with Crippen LogP contribution in [0.4, 0.5) is 0 Å². The normalized spacial score (nSPS) is 32.7. The molecule has 0 aromatic heterocycles. The Morgan fingerprint density at radius 3 is 2.93 bits per heavy atom. The average Bonchev–Trinajstić information content (AvgIpc) is 2.29. The van der Waals surface area contributed by atoms with E-state index < -0.39 is 0 Å². The molecule has 0 saturated carbocycles. The second-order valence-corrected chi connectivity index (χ2v) is 4.68. The van der Waals surface area contributed by atoms with Crippen LogP contribution in [0.1, 0.15) is 19.8 Å². The quantitative estimate of drug-likeness (QED) is 0.632. The highest BCUT2D eigenvalue weighted by Gasteiger charge is 2.28. The summed E-state index contributed by atoms with van der Waals surface area (Å²) in [6.07, 6.45) is 2.20. The Labute approximate surface area is 91.4 Å². The van der Waals surface area contributed by atoms with Crippen molar-refractivity contribution in [2.75, 3.05) is 32.7 Å². The molecule has 0 aromatic rings. The zero-order valence-corrected chi connectivity index (χ0v) is 9.46. The van der Waals surface area contributed by atoms with Gasteiger partial charge in [-0.1, -0.05) is 0 Å². The van der Waals surface area contributed by atoms with E-state index in [2.05, 4.69) is 17.6 Å². The minimum Gasteiger partial charge on any atom is -0.340 e. The van der Waals surface area contributed by atoms with Crippen molar-refractivity contribution in [3.63, 3.8) is 0 Å². The highest BCUT2D eigenvalue weighted by molar-refractivity contribution is 5.79. The summed E-state index contributed by atoms with van der Waals surface area (Å²) in [6.45, 7) is 6.76. The van der Waals surface area contributed by atoms with Gasteiger partial charge in [-0.25, -0.2) is 0 Å². The van der Waals surface area contributed by atoms with Gasteiger partial charge in [0.25, 0.3) is 0 Å². The fraction of sp³-hybridized carbons (Fsp3) is 0.909. The molecule has 4 nitrogen and oxygen atoms in total. The number of carbonyl (C=O) groups is 1. The maximum atomic E-state index is 12.2. The van der Waals surface area contributed by atoms with Crippen LogP contribution in [-0.4, -0.2) is 49.6 Å². The molecule has 1 amide bonds. The molecule has 2 aliphatic heterocycles. The van der Waals surface area contributed by atoms with Crippen LogP contribution in [0, 0.1) is 5.92 Å². The number of hydrogen-bond acceptors (Lipinski definition) is 3. The first kappa shape index (κ1) is 10.9. The van der Waals surface area contributed by atoms with Gasteiger partial charge in [-0.3, -0.25) is 4.79 Å². The van der Waals surface area contributed by atoms with Crippen LogP contribution in [0.5, 0.6) is 0 Å². The second kappa shape index (κ2) is 4.94. The third-order valence-electron chi connectivity index (χ3n) is 3.33. The summed E-state index contributed by atoms with van der Waals surface area (Å²) in [6, 6.07) is 0.444. The second-order valence-electron chi connectivity index (χ2n) is 4.68. The number of nitrogens with one attached hydrogen (secondary N) is 2. The summed E-state index contributed by atoms with van der Waals surface area (Å²) in [5.74, 6) is 0.583. The molecule has 2 saturated heterocycles. The summed E-state index contributed by atoms with van der Waals surface area (Å²) in [7, 11) is 0. The van der Waals surface area contributed by atoms with Crippen LogP contribution in [0.3, 0.4) is 0 Å². The van der Waals surface area contributed by atoms with Gasteiger partial charge in [-0.05, 0) is 26.3 Å². The number of nitrogens with zero attached hydrogens (tertiary/aromatic N) is 1. The van der Waals surface area contributed by atoms with E-state index in [0.717, 1.165) is 45.6 Å². The van der Waals surface area contributed by atoms with Crippen molar-refractivity contribution in [2.24, 2.45) is 5.92 Å². The van der Waals surface area contributed by atoms with Crippen molar-refractivity contribution < 1.29 is 4.79 Å². The van der Waals surface area contributed by atoms with Gasteiger partial charge in [0.2, 0.25) is 5.91 Å². The Balaban J connectivity index is 1.88. The molecular formula is C11H21N3O. The molecule has 0 radical (unpaired) electrons. The molecule has 0 spiro atoms. The standard InChI is InChI=1S/C11H21N3O/c1-9-8-14(6-5-13-9)11(15)10-3-2-4-12-7-10/h9-10,12-13H,2-8H2,1H3/t9-,10-/m1/s1. The topological polar surface area (TPSA) is 44.4 Å². The van der Waals surface area contributed by atoms with Crippen LogP contribution < -0.4 is 10.6 Å². The van der Waals surface area contributed by atoms with E-state index in [4.69, 9.17) is 0 Å². The van der Waals surface area contributed by atoms with Crippen LogP contribution in [-0.2, 0) is 4.79 Å². The number of amides is 1. The van der Waals surface area contributed by atoms with E-state index in [9.17, 15) is 4.79 Å². The molecule has 2 fully saturated rings. The number of carbonyl (C=O) groups excluding carboxylic acids is 1.